The van der Waals surface area contributed by atoms with Gasteiger partial charge in [0.2, 0.25) is 5.88 Å². The number of anilines is 2. The Balaban J connectivity index is 1.56. The third-order valence-corrected chi connectivity index (χ3v) is 7.31. The molecule has 0 atom stereocenters. The number of ether oxygens (including phenoxy) is 1. The van der Waals surface area contributed by atoms with Crippen molar-refractivity contribution in [2.45, 2.75) is 50.5 Å². The standard InChI is InChI=1S/C25H30F2N6O4S/c1-6-7-21(36-16-8-10-32(11-9-16)25-29-24(14(2)3)31-37-25)33-23(28)22(15(4)30-33)17-12-19(27)20(13-18(17)26)38(5,34)35/h6-7,12-14,16H,1,8-11,28H2,2-5H3/b21-7+. The number of nitrogens with zero attached hydrogens (tertiary/aromatic N) is 5. The predicted molar refractivity (Wildman–Crippen MR) is 139 cm³/mol. The highest BCUT2D eigenvalue weighted by atomic mass is 32.2. The average Bonchev–Trinajstić information content (AvgIpc) is 3.45. The number of aromatic nitrogens is 4. The van der Waals surface area contributed by atoms with Gasteiger partial charge in [-0.25, -0.2) is 17.2 Å². The summed E-state index contributed by atoms with van der Waals surface area (Å²) in [4.78, 5) is 5.71. The number of aryl methyl sites for hydroxylation is 1. The van der Waals surface area contributed by atoms with Crippen molar-refractivity contribution >= 4 is 27.6 Å². The predicted octanol–water partition coefficient (Wildman–Crippen LogP) is 4.30. The van der Waals surface area contributed by atoms with Crippen LogP contribution in [0.4, 0.5) is 20.6 Å². The first-order valence-corrected chi connectivity index (χ1v) is 13.9. The van der Waals surface area contributed by atoms with Gasteiger partial charge < -0.3 is 19.9 Å². The average molecular weight is 549 g/mol. The summed E-state index contributed by atoms with van der Waals surface area (Å²) in [5, 5.41) is 8.41. The number of sulfone groups is 1. The van der Waals surface area contributed by atoms with Crippen molar-refractivity contribution < 1.29 is 26.5 Å². The van der Waals surface area contributed by atoms with Crippen molar-refractivity contribution in [3.63, 3.8) is 0 Å². The Labute approximate surface area is 219 Å². The summed E-state index contributed by atoms with van der Waals surface area (Å²) in [7, 11) is -3.96. The van der Waals surface area contributed by atoms with Crippen LogP contribution < -0.4 is 10.6 Å². The Kier molecular flexibility index (Phi) is 7.58. The summed E-state index contributed by atoms with van der Waals surface area (Å²) in [6, 6.07) is 1.93. The Morgan fingerprint density at radius 3 is 2.53 bits per heavy atom. The summed E-state index contributed by atoms with van der Waals surface area (Å²) in [6.07, 6.45) is 4.99. The lowest BCUT2D eigenvalue weighted by Gasteiger charge is -2.31. The van der Waals surface area contributed by atoms with Gasteiger partial charge in [-0.1, -0.05) is 31.7 Å². The van der Waals surface area contributed by atoms with Crippen LogP contribution >= 0.6 is 0 Å². The molecule has 3 aromatic rings. The molecule has 10 nitrogen and oxygen atoms in total. The molecular formula is C25H30F2N6O4S. The molecule has 1 aliphatic rings. The lowest BCUT2D eigenvalue weighted by atomic mass is 10.0. The molecule has 1 saturated heterocycles. The molecule has 0 aliphatic carbocycles. The number of halogens is 2. The van der Waals surface area contributed by atoms with Gasteiger partial charge >= 0.3 is 6.01 Å². The Morgan fingerprint density at radius 1 is 1.26 bits per heavy atom. The van der Waals surface area contributed by atoms with Gasteiger partial charge in [0, 0.05) is 43.7 Å². The zero-order valence-corrected chi connectivity index (χ0v) is 22.4. The van der Waals surface area contributed by atoms with E-state index in [1.807, 2.05) is 18.7 Å². The first kappa shape index (κ1) is 27.3. The number of benzene rings is 1. The topological polar surface area (TPSA) is 129 Å². The van der Waals surface area contributed by atoms with E-state index < -0.39 is 26.4 Å². The third kappa shape index (κ3) is 5.42. The van der Waals surface area contributed by atoms with Gasteiger partial charge in [0.1, 0.15) is 28.5 Å². The minimum Gasteiger partial charge on any atom is -0.474 e. The third-order valence-electron chi connectivity index (χ3n) is 6.20. The molecule has 1 aliphatic heterocycles. The lowest BCUT2D eigenvalue weighted by molar-refractivity contribution is 0.124. The quantitative estimate of drug-likeness (QED) is 0.323. The normalized spacial score (nSPS) is 15.3. The van der Waals surface area contributed by atoms with Crippen LogP contribution in [0.1, 0.15) is 44.1 Å². The largest absolute Gasteiger partial charge is 0.474 e. The molecule has 1 aromatic carbocycles. The number of nitrogen functional groups attached to an aromatic ring is 1. The maximum absolute atomic E-state index is 15.0. The lowest BCUT2D eigenvalue weighted by Crippen LogP contribution is -2.37. The van der Waals surface area contributed by atoms with E-state index in [1.165, 1.54) is 10.8 Å². The summed E-state index contributed by atoms with van der Waals surface area (Å²) in [5.41, 5.74) is 6.57. The number of allylic oxidation sites excluding steroid dienone is 2. The van der Waals surface area contributed by atoms with E-state index in [0.29, 0.717) is 49.5 Å². The number of piperidine rings is 1. The summed E-state index contributed by atoms with van der Waals surface area (Å²) in [5.74, 6) is -0.940. The van der Waals surface area contributed by atoms with Gasteiger partial charge in [-0.05, 0) is 25.1 Å². The van der Waals surface area contributed by atoms with Crippen molar-refractivity contribution in [2.75, 3.05) is 30.0 Å². The molecule has 2 aromatic heterocycles. The zero-order valence-electron chi connectivity index (χ0n) is 21.6. The number of nitrogens with two attached hydrogens (primary N) is 1. The van der Waals surface area contributed by atoms with E-state index >= 15 is 0 Å². The monoisotopic (exact) mass is 548 g/mol. The maximum atomic E-state index is 15.0. The number of rotatable bonds is 8. The highest BCUT2D eigenvalue weighted by Crippen LogP contribution is 2.36. The first-order valence-electron chi connectivity index (χ1n) is 12.0. The molecule has 3 heterocycles. The van der Waals surface area contributed by atoms with Crippen molar-refractivity contribution in [3.05, 3.63) is 54.0 Å². The molecular weight excluding hydrogens is 518 g/mol. The molecule has 1 fully saturated rings. The molecule has 0 saturated carbocycles. The molecule has 0 unspecified atom stereocenters. The fourth-order valence-corrected chi connectivity index (χ4v) is 4.97. The van der Waals surface area contributed by atoms with E-state index in [0.717, 1.165) is 12.3 Å². The van der Waals surface area contributed by atoms with Crippen LogP contribution in [-0.2, 0) is 14.6 Å². The Bertz CT molecular complexity index is 1490. The van der Waals surface area contributed by atoms with Crippen LogP contribution in [0.3, 0.4) is 0 Å². The zero-order chi connectivity index (χ0) is 27.8. The molecule has 13 heteroatoms. The highest BCUT2D eigenvalue weighted by Gasteiger charge is 2.28. The minimum atomic E-state index is -3.96. The summed E-state index contributed by atoms with van der Waals surface area (Å²) >= 11 is 0. The van der Waals surface area contributed by atoms with Gasteiger partial charge in [0.25, 0.3) is 0 Å². The van der Waals surface area contributed by atoms with E-state index in [4.69, 9.17) is 15.0 Å². The molecule has 0 amide bonds. The van der Waals surface area contributed by atoms with E-state index in [9.17, 15) is 17.2 Å². The fraction of sp³-hybridized carbons (Fsp3) is 0.400. The molecule has 38 heavy (non-hydrogen) atoms. The molecule has 0 radical (unpaired) electrons. The molecule has 204 valence electrons. The van der Waals surface area contributed by atoms with Crippen molar-refractivity contribution in [1.29, 1.82) is 0 Å². The van der Waals surface area contributed by atoms with E-state index in [-0.39, 0.29) is 34.8 Å². The van der Waals surface area contributed by atoms with Crippen LogP contribution in [0.15, 0.2) is 40.3 Å². The fourth-order valence-electron chi connectivity index (χ4n) is 4.24. The minimum absolute atomic E-state index is 0.00511. The number of hydrogen-bond donors (Lipinski definition) is 1. The van der Waals surface area contributed by atoms with Crippen molar-refractivity contribution in [3.8, 4) is 11.1 Å². The highest BCUT2D eigenvalue weighted by molar-refractivity contribution is 7.90. The first-order chi connectivity index (χ1) is 17.9. The smallest absolute Gasteiger partial charge is 0.324 e. The molecule has 0 spiro atoms. The van der Waals surface area contributed by atoms with Crippen LogP contribution in [0, 0.1) is 18.6 Å². The van der Waals surface area contributed by atoms with Gasteiger partial charge in [-0.15, -0.1) is 0 Å². The van der Waals surface area contributed by atoms with Crippen LogP contribution in [0.25, 0.3) is 17.0 Å². The second kappa shape index (κ2) is 10.6. The molecule has 0 bridgehead atoms. The second-order valence-corrected chi connectivity index (χ2v) is 11.4. The van der Waals surface area contributed by atoms with Crippen LogP contribution in [0.2, 0.25) is 0 Å². The SMILES string of the molecule is C=C/C=C(/OC1CCN(c2nc(C(C)C)no2)CC1)n1nc(C)c(-c2cc(F)c(S(C)(=O)=O)cc2F)c1N. The van der Waals surface area contributed by atoms with Gasteiger partial charge in [0.05, 0.1) is 11.3 Å². The second-order valence-electron chi connectivity index (χ2n) is 9.43. The van der Waals surface area contributed by atoms with Crippen molar-refractivity contribution in [2.24, 2.45) is 0 Å². The van der Waals surface area contributed by atoms with Crippen molar-refractivity contribution in [1.82, 2.24) is 19.9 Å². The van der Waals surface area contributed by atoms with Crippen LogP contribution in [0.5, 0.6) is 0 Å². The Hall–Kier alpha value is -3.74. The summed E-state index contributed by atoms with van der Waals surface area (Å²) < 4.78 is 66.0. The van der Waals surface area contributed by atoms with E-state index in [2.05, 4.69) is 21.8 Å². The molecule has 2 N–H and O–H groups in total. The van der Waals surface area contributed by atoms with Gasteiger partial charge in [-0.2, -0.15) is 14.8 Å². The Morgan fingerprint density at radius 2 is 1.95 bits per heavy atom. The molecule has 4 rings (SSSR count). The van der Waals surface area contributed by atoms with E-state index in [1.54, 1.807) is 13.0 Å². The maximum Gasteiger partial charge on any atom is 0.324 e. The van der Waals surface area contributed by atoms with Crippen LogP contribution in [-0.4, -0.2) is 53.8 Å². The van der Waals surface area contributed by atoms with Gasteiger partial charge in [0.15, 0.2) is 15.7 Å². The van der Waals surface area contributed by atoms with Gasteiger partial charge in [-0.3, -0.25) is 0 Å². The number of hydrogen-bond acceptors (Lipinski definition) is 9. The summed E-state index contributed by atoms with van der Waals surface area (Å²) in [6.45, 7) is 10.5.